The Morgan fingerprint density at radius 1 is 0.605 bits per heavy atom. The number of para-hydroxylation sites is 1. The van der Waals surface area contributed by atoms with E-state index < -0.39 is 5.79 Å². The maximum absolute atomic E-state index is 12.7. The summed E-state index contributed by atoms with van der Waals surface area (Å²) in [5.41, 5.74) is 2.76. The molecule has 6 heteroatoms. The van der Waals surface area contributed by atoms with Gasteiger partial charge in [-0.2, -0.15) is 0 Å². The normalized spacial score (nSPS) is 10.6. The highest BCUT2D eigenvalue weighted by molar-refractivity contribution is 6.02. The molecule has 0 fully saturated rings. The van der Waals surface area contributed by atoms with Gasteiger partial charge in [0.1, 0.15) is 0 Å². The molecule has 4 aromatic carbocycles. The van der Waals surface area contributed by atoms with Crippen LogP contribution in [0.25, 0.3) is 0 Å². The van der Waals surface area contributed by atoms with Crippen LogP contribution in [0.3, 0.4) is 0 Å². The van der Waals surface area contributed by atoms with Crippen LogP contribution in [0.5, 0.6) is 11.5 Å². The number of benzene rings is 4. The van der Waals surface area contributed by atoms with E-state index in [2.05, 4.69) is 0 Å². The molecular formula is C32H32O6. The fourth-order valence-corrected chi connectivity index (χ4v) is 4.06. The molecule has 0 heterocycles. The van der Waals surface area contributed by atoms with Crippen LogP contribution < -0.4 is 9.47 Å². The summed E-state index contributed by atoms with van der Waals surface area (Å²) in [6.07, 6.45) is 0.296. The molecule has 196 valence electrons. The molecule has 0 radical (unpaired) electrons. The largest absolute Gasteiger partial charge is 0.493 e. The van der Waals surface area contributed by atoms with Crippen molar-refractivity contribution in [3.8, 4) is 11.5 Å². The predicted molar refractivity (Wildman–Crippen MR) is 147 cm³/mol. The average molecular weight is 513 g/mol. The minimum atomic E-state index is -1.40. The van der Waals surface area contributed by atoms with Crippen LogP contribution in [0.4, 0.5) is 0 Å². The van der Waals surface area contributed by atoms with Crippen LogP contribution >= 0.6 is 0 Å². The summed E-state index contributed by atoms with van der Waals surface area (Å²) >= 11 is 0. The molecule has 0 saturated heterocycles. The number of Topliss-reactive ketones (excluding diaryl/α,β-unsaturated/α-hetero) is 2. The second-order valence-electron chi connectivity index (χ2n) is 8.20. The van der Waals surface area contributed by atoms with Crippen molar-refractivity contribution in [1.82, 2.24) is 0 Å². The van der Waals surface area contributed by atoms with Gasteiger partial charge in [0.25, 0.3) is 5.79 Å². The predicted octanol–water partition coefficient (Wildman–Crippen LogP) is 6.14. The van der Waals surface area contributed by atoms with E-state index in [-0.39, 0.29) is 11.6 Å². The van der Waals surface area contributed by atoms with Crippen molar-refractivity contribution < 1.29 is 28.5 Å². The van der Waals surface area contributed by atoms with E-state index in [0.29, 0.717) is 34.6 Å². The zero-order chi connectivity index (χ0) is 27.4. The Morgan fingerprint density at radius 2 is 1.13 bits per heavy atom. The smallest absolute Gasteiger partial charge is 0.260 e. The number of methoxy groups -OCH3 is 4. The van der Waals surface area contributed by atoms with E-state index in [1.807, 2.05) is 97.1 Å². The summed E-state index contributed by atoms with van der Waals surface area (Å²) in [6.45, 7) is 0. The number of ether oxygens (including phenoxy) is 4. The molecule has 0 aliphatic carbocycles. The molecule has 6 nitrogen and oxygen atoms in total. The first-order valence-electron chi connectivity index (χ1n) is 12.0. The van der Waals surface area contributed by atoms with E-state index in [4.69, 9.17) is 18.9 Å². The lowest BCUT2D eigenvalue weighted by atomic mass is 9.96. The molecule has 0 atom stereocenters. The Morgan fingerprint density at radius 3 is 1.63 bits per heavy atom. The Balaban J connectivity index is 0.000000211. The molecule has 0 bridgehead atoms. The van der Waals surface area contributed by atoms with Crippen LogP contribution in [0.1, 0.15) is 31.8 Å². The summed E-state index contributed by atoms with van der Waals surface area (Å²) in [7, 11) is 6.10. The molecule has 0 amide bonds. The van der Waals surface area contributed by atoms with Gasteiger partial charge in [-0.25, -0.2) is 0 Å². The second kappa shape index (κ2) is 13.9. The lowest BCUT2D eigenvalue weighted by molar-refractivity contribution is -0.176. The Hall–Kier alpha value is -4.26. The van der Waals surface area contributed by atoms with Crippen molar-refractivity contribution in [1.29, 1.82) is 0 Å². The Labute approximate surface area is 223 Å². The SMILES string of the molecule is COC(OC)(C(=O)c1ccccc1)c1ccccc1.COc1cccc(CC(=O)c2ccccc2)c1OC. The van der Waals surface area contributed by atoms with Gasteiger partial charge in [0.05, 0.1) is 14.2 Å². The lowest BCUT2D eigenvalue weighted by Gasteiger charge is -2.29. The molecule has 0 aliphatic rings. The Bertz CT molecular complexity index is 1300. The molecule has 4 rings (SSSR count). The lowest BCUT2D eigenvalue weighted by Crippen LogP contribution is -2.39. The molecule has 0 spiro atoms. The quantitative estimate of drug-likeness (QED) is 0.188. The van der Waals surface area contributed by atoms with Crippen LogP contribution in [-0.2, 0) is 21.7 Å². The molecule has 0 unspecified atom stereocenters. The van der Waals surface area contributed by atoms with Gasteiger partial charge in [-0.3, -0.25) is 9.59 Å². The first kappa shape index (κ1) is 28.3. The van der Waals surface area contributed by atoms with Crippen LogP contribution in [0, 0.1) is 0 Å². The third-order valence-corrected chi connectivity index (χ3v) is 5.99. The van der Waals surface area contributed by atoms with Crippen LogP contribution in [0.2, 0.25) is 0 Å². The molecule has 0 N–H and O–H groups in total. The number of carbonyl (C=O) groups excluding carboxylic acids is 2. The van der Waals surface area contributed by atoms with Crippen molar-refractivity contribution in [3.63, 3.8) is 0 Å². The standard InChI is InChI=1S/2C16H16O3/c1-18-16(19-2,14-11-7-4-8-12-14)15(17)13-9-5-3-6-10-13;1-18-15-10-6-9-13(16(15)19-2)11-14(17)12-7-4-3-5-8-12/h3-12H,1-2H3;3-10H,11H2,1-2H3. The fourth-order valence-electron chi connectivity index (χ4n) is 4.06. The number of carbonyl (C=O) groups is 2. The van der Waals surface area contributed by atoms with E-state index in [1.54, 1.807) is 26.4 Å². The van der Waals surface area contributed by atoms with Crippen molar-refractivity contribution in [3.05, 3.63) is 131 Å². The number of ketones is 2. The van der Waals surface area contributed by atoms with Crippen molar-refractivity contribution in [2.45, 2.75) is 12.2 Å². The van der Waals surface area contributed by atoms with Gasteiger partial charge < -0.3 is 18.9 Å². The van der Waals surface area contributed by atoms with Gasteiger partial charge >= 0.3 is 0 Å². The van der Waals surface area contributed by atoms with Crippen molar-refractivity contribution in [2.24, 2.45) is 0 Å². The molecule has 0 aliphatic heterocycles. The van der Waals surface area contributed by atoms with Gasteiger partial charge in [0.2, 0.25) is 5.78 Å². The topological polar surface area (TPSA) is 71.1 Å². The van der Waals surface area contributed by atoms with E-state index in [9.17, 15) is 9.59 Å². The zero-order valence-electron chi connectivity index (χ0n) is 22.0. The summed E-state index contributed by atoms with van der Waals surface area (Å²) in [5.74, 6) is -0.297. The minimum Gasteiger partial charge on any atom is -0.493 e. The van der Waals surface area contributed by atoms with Crippen LogP contribution in [0.15, 0.2) is 109 Å². The van der Waals surface area contributed by atoms with Crippen molar-refractivity contribution in [2.75, 3.05) is 28.4 Å². The third kappa shape index (κ3) is 6.54. The molecule has 0 aromatic heterocycles. The highest BCUT2D eigenvalue weighted by Gasteiger charge is 2.41. The first-order valence-corrected chi connectivity index (χ1v) is 12.0. The highest BCUT2D eigenvalue weighted by atomic mass is 16.7. The second-order valence-corrected chi connectivity index (χ2v) is 8.20. The summed E-state index contributed by atoms with van der Waals surface area (Å²) in [5, 5.41) is 0. The number of rotatable bonds is 10. The fraction of sp³-hybridized carbons (Fsp3) is 0.188. The number of hydrogen-bond donors (Lipinski definition) is 0. The summed E-state index contributed by atoms with van der Waals surface area (Å²) in [4.78, 5) is 24.9. The molecule has 38 heavy (non-hydrogen) atoms. The maximum atomic E-state index is 12.7. The molecular weight excluding hydrogens is 480 g/mol. The average Bonchev–Trinajstić information content (AvgIpc) is 2.99. The molecule has 4 aromatic rings. The van der Waals surface area contributed by atoms with Gasteiger partial charge in [-0.1, -0.05) is 103 Å². The van der Waals surface area contributed by atoms with Crippen LogP contribution in [-0.4, -0.2) is 40.0 Å². The zero-order valence-corrected chi connectivity index (χ0v) is 22.0. The summed E-state index contributed by atoms with van der Waals surface area (Å²) < 4.78 is 21.4. The monoisotopic (exact) mass is 512 g/mol. The minimum absolute atomic E-state index is 0.0622. The summed E-state index contributed by atoms with van der Waals surface area (Å²) in [6, 6.07) is 33.0. The number of hydrogen-bond acceptors (Lipinski definition) is 6. The first-order chi connectivity index (χ1) is 18.5. The van der Waals surface area contributed by atoms with Gasteiger partial charge in [0.15, 0.2) is 17.3 Å². The molecule has 0 saturated carbocycles. The van der Waals surface area contributed by atoms with Gasteiger partial charge in [-0.15, -0.1) is 0 Å². The Kier molecular flexibility index (Phi) is 10.3. The van der Waals surface area contributed by atoms with Gasteiger partial charge in [-0.05, 0) is 6.07 Å². The van der Waals surface area contributed by atoms with E-state index in [0.717, 1.165) is 5.56 Å². The maximum Gasteiger partial charge on any atom is 0.260 e. The third-order valence-electron chi connectivity index (χ3n) is 5.99. The van der Waals surface area contributed by atoms with Crippen molar-refractivity contribution >= 4 is 11.6 Å². The van der Waals surface area contributed by atoms with E-state index >= 15 is 0 Å². The highest BCUT2D eigenvalue weighted by Crippen LogP contribution is 2.32. The van der Waals surface area contributed by atoms with Gasteiger partial charge in [0, 0.05) is 42.9 Å². The van der Waals surface area contributed by atoms with E-state index in [1.165, 1.54) is 14.2 Å².